The van der Waals surface area contributed by atoms with Crippen molar-refractivity contribution in [3.8, 4) is 0 Å². The van der Waals surface area contributed by atoms with Gasteiger partial charge in [-0.05, 0) is 35.7 Å². The average Bonchev–Trinajstić information content (AvgIpc) is 2.50. The maximum atomic E-state index is 13.7. The summed E-state index contributed by atoms with van der Waals surface area (Å²) in [4.78, 5) is 0. The molecule has 4 heteroatoms. The van der Waals surface area contributed by atoms with E-state index in [9.17, 15) is 4.39 Å². The van der Waals surface area contributed by atoms with Crippen LogP contribution in [0.3, 0.4) is 0 Å². The standard InChI is InChI=1S/C17H12BrClFN/c18-15-6-8-17(14-4-2-1-3-13(14)15)21-10-11-9-12(19)5-7-16(11)20/h1-9,21H,10H2. The van der Waals surface area contributed by atoms with Crippen molar-refractivity contribution in [1.29, 1.82) is 0 Å². The number of benzene rings is 3. The molecule has 0 aliphatic rings. The zero-order chi connectivity index (χ0) is 14.8. The second kappa shape index (κ2) is 6.04. The molecule has 0 atom stereocenters. The Hall–Kier alpha value is -1.58. The molecule has 0 unspecified atom stereocenters. The summed E-state index contributed by atoms with van der Waals surface area (Å²) in [5, 5.41) is 6.03. The first-order valence-corrected chi connectivity index (χ1v) is 7.67. The van der Waals surface area contributed by atoms with E-state index in [2.05, 4.69) is 21.2 Å². The molecule has 0 amide bonds. The summed E-state index contributed by atoms with van der Waals surface area (Å²) >= 11 is 9.46. The molecular formula is C17H12BrClFN. The third-order valence-corrected chi connectivity index (χ3v) is 4.27. The maximum absolute atomic E-state index is 13.7. The predicted molar refractivity (Wildman–Crippen MR) is 90.4 cm³/mol. The second-order valence-electron chi connectivity index (χ2n) is 4.73. The highest BCUT2D eigenvalue weighted by molar-refractivity contribution is 9.10. The third kappa shape index (κ3) is 3.04. The Balaban J connectivity index is 1.92. The summed E-state index contributed by atoms with van der Waals surface area (Å²) in [5.41, 5.74) is 1.52. The molecule has 21 heavy (non-hydrogen) atoms. The molecule has 0 fully saturated rings. The lowest BCUT2D eigenvalue weighted by atomic mass is 10.1. The number of halogens is 3. The van der Waals surface area contributed by atoms with Crippen molar-refractivity contribution in [2.75, 3.05) is 5.32 Å². The minimum atomic E-state index is -0.256. The molecule has 3 aromatic carbocycles. The lowest BCUT2D eigenvalue weighted by molar-refractivity contribution is 0.613. The molecule has 0 radical (unpaired) electrons. The number of fused-ring (bicyclic) bond motifs is 1. The quantitative estimate of drug-likeness (QED) is 0.600. The molecule has 0 aromatic heterocycles. The van der Waals surface area contributed by atoms with E-state index >= 15 is 0 Å². The van der Waals surface area contributed by atoms with Gasteiger partial charge < -0.3 is 5.32 Å². The van der Waals surface area contributed by atoms with Gasteiger partial charge in [-0.1, -0.05) is 51.8 Å². The van der Waals surface area contributed by atoms with Crippen LogP contribution in [0.5, 0.6) is 0 Å². The van der Waals surface area contributed by atoms with E-state index in [0.29, 0.717) is 17.1 Å². The summed E-state index contributed by atoms with van der Waals surface area (Å²) in [7, 11) is 0. The summed E-state index contributed by atoms with van der Waals surface area (Å²) in [6.45, 7) is 0.387. The van der Waals surface area contributed by atoms with Crippen LogP contribution < -0.4 is 5.32 Å². The van der Waals surface area contributed by atoms with Gasteiger partial charge in [-0.25, -0.2) is 4.39 Å². The Morgan fingerprint density at radius 2 is 1.76 bits per heavy atom. The van der Waals surface area contributed by atoms with Crippen LogP contribution in [0.15, 0.2) is 59.1 Å². The maximum Gasteiger partial charge on any atom is 0.128 e. The normalized spacial score (nSPS) is 10.8. The lowest BCUT2D eigenvalue weighted by Gasteiger charge is -2.12. The third-order valence-electron chi connectivity index (χ3n) is 3.35. The smallest absolute Gasteiger partial charge is 0.128 e. The molecule has 0 aliphatic carbocycles. The largest absolute Gasteiger partial charge is 0.380 e. The fraction of sp³-hybridized carbons (Fsp3) is 0.0588. The topological polar surface area (TPSA) is 12.0 Å². The van der Waals surface area contributed by atoms with Gasteiger partial charge >= 0.3 is 0 Å². The number of hydrogen-bond acceptors (Lipinski definition) is 1. The minimum absolute atomic E-state index is 0.256. The van der Waals surface area contributed by atoms with Crippen LogP contribution in [0.1, 0.15) is 5.56 Å². The van der Waals surface area contributed by atoms with Crippen molar-refractivity contribution in [3.05, 3.63) is 75.5 Å². The summed E-state index contributed by atoms with van der Waals surface area (Å²) in [6, 6.07) is 16.6. The van der Waals surface area contributed by atoms with Gasteiger partial charge in [-0.15, -0.1) is 0 Å². The Morgan fingerprint density at radius 3 is 2.57 bits per heavy atom. The zero-order valence-electron chi connectivity index (χ0n) is 11.0. The Morgan fingerprint density at radius 1 is 1.00 bits per heavy atom. The van der Waals surface area contributed by atoms with Gasteiger partial charge in [0.1, 0.15) is 5.82 Å². The highest BCUT2D eigenvalue weighted by Gasteiger charge is 2.06. The number of nitrogens with one attached hydrogen (secondary N) is 1. The fourth-order valence-corrected chi connectivity index (χ4v) is 2.96. The molecule has 3 rings (SSSR count). The molecule has 0 heterocycles. The SMILES string of the molecule is Fc1ccc(Cl)cc1CNc1ccc(Br)c2ccccc12. The molecule has 3 aromatic rings. The highest BCUT2D eigenvalue weighted by atomic mass is 79.9. The predicted octanol–water partition coefficient (Wildman–Crippen LogP) is 6.01. The van der Waals surface area contributed by atoms with E-state index in [1.165, 1.54) is 6.07 Å². The fourth-order valence-electron chi connectivity index (χ4n) is 2.29. The molecule has 1 nitrogen and oxygen atoms in total. The minimum Gasteiger partial charge on any atom is -0.380 e. The van der Waals surface area contributed by atoms with Crippen LogP contribution in [-0.2, 0) is 6.54 Å². The first-order chi connectivity index (χ1) is 10.1. The first kappa shape index (κ1) is 14.4. The molecule has 0 saturated heterocycles. The Labute approximate surface area is 135 Å². The highest BCUT2D eigenvalue weighted by Crippen LogP contribution is 2.30. The van der Waals surface area contributed by atoms with Crippen LogP contribution in [0.4, 0.5) is 10.1 Å². The van der Waals surface area contributed by atoms with Gasteiger partial charge in [0.05, 0.1) is 0 Å². The number of rotatable bonds is 3. The molecule has 0 aliphatic heterocycles. The van der Waals surface area contributed by atoms with Crippen molar-refractivity contribution in [2.24, 2.45) is 0 Å². The van der Waals surface area contributed by atoms with Crippen molar-refractivity contribution in [2.45, 2.75) is 6.54 Å². The van der Waals surface area contributed by atoms with Gasteiger partial charge in [0.25, 0.3) is 0 Å². The van der Waals surface area contributed by atoms with Gasteiger partial charge in [0, 0.05) is 32.7 Å². The second-order valence-corrected chi connectivity index (χ2v) is 6.02. The Bertz CT molecular complexity index is 804. The van der Waals surface area contributed by atoms with Gasteiger partial charge in [0.2, 0.25) is 0 Å². The van der Waals surface area contributed by atoms with Crippen LogP contribution in [-0.4, -0.2) is 0 Å². The average molecular weight is 365 g/mol. The van der Waals surface area contributed by atoms with Crippen molar-refractivity contribution in [3.63, 3.8) is 0 Å². The van der Waals surface area contributed by atoms with Crippen molar-refractivity contribution >= 4 is 44.0 Å². The van der Waals surface area contributed by atoms with Crippen LogP contribution in [0.25, 0.3) is 10.8 Å². The van der Waals surface area contributed by atoms with E-state index < -0.39 is 0 Å². The summed E-state index contributed by atoms with van der Waals surface area (Å²) in [5.74, 6) is -0.256. The van der Waals surface area contributed by atoms with E-state index in [1.54, 1.807) is 12.1 Å². The molecule has 0 spiro atoms. The van der Waals surface area contributed by atoms with Crippen molar-refractivity contribution < 1.29 is 4.39 Å². The van der Waals surface area contributed by atoms with Gasteiger partial charge in [0.15, 0.2) is 0 Å². The first-order valence-electron chi connectivity index (χ1n) is 6.50. The van der Waals surface area contributed by atoms with Gasteiger partial charge in [-0.3, -0.25) is 0 Å². The number of hydrogen-bond donors (Lipinski definition) is 1. The van der Waals surface area contributed by atoms with E-state index in [4.69, 9.17) is 11.6 Å². The molecule has 106 valence electrons. The number of anilines is 1. The van der Waals surface area contributed by atoms with Crippen LogP contribution >= 0.6 is 27.5 Å². The van der Waals surface area contributed by atoms with Crippen LogP contribution in [0, 0.1) is 5.82 Å². The monoisotopic (exact) mass is 363 g/mol. The van der Waals surface area contributed by atoms with E-state index in [-0.39, 0.29) is 5.82 Å². The van der Waals surface area contributed by atoms with Crippen molar-refractivity contribution in [1.82, 2.24) is 0 Å². The summed E-state index contributed by atoms with van der Waals surface area (Å²) in [6.07, 6.45) is 0. The molecule has 1 N–H and O–H groups in total. The molecular weight excluding hydrogens is 353 g/mol. The molecule has 0 saturated carbocycles. The zero-order valence-corrected chi connectivity index (χ0v) is 13.4. The molecule has 0 bridgehead atoms. The van der Waals surface area contributed by atoms with Crippen LogP contribution in [0.2, 0.25) is 5.02 Å². The lowest BCUT2D eigenvalue weighted by Crippen LogP contribution is -2.02. The van der Waals surface area contributed by atoms with E-state index in [0.717, 1.165) is 20.9 Å². The van der Waals surface area contributed by atoms with Gasteiger partial charge in [-0.2, -0.15) is 0 Å². The Kier molecular flexibility index (Phi) is 4.13. The van der Waals surface area contributed by atoms with E-state index in [1.807, 2.05) is 36.4 Å². The summed E-state index contributed by atoms with van der Waals surface area (Å²) < 4.78 is 14.8.